The van der Waals surface area contributed by atoms with Crippen molar-refractivity contribution < 1.29 is 24.8 Å². The molecule has 0 saturated carbocycles. The number of aromatic nitrogens is 4. The number of nitrogens with zero attached hydrogens (tertiary/aromatic N) is 7. The van der Waals surface area contributed by atoms with Gasteiger partial charge in [0.2, 0.25) is 0 Å². The summed E-state index contributed by atoms with van der Waals surface area (Å²) in [5, 5.41) is 41.1. The summed E-state index contributed by atoms with van der Waals surface area (Å²) >= 11 is 0. The Morgan fingerprint density at radius 3 is 2.92 bits per heavy atom. The van der Waals surface area contributed by atoms with Crippen LogP contribution in [0.3, 0.4) is 0 Å². The zero-order valence-corrected chi connectivity index (χ0v) is 12.8. The fourth-order valence-corrected chi connectivity index (χ4v) is 2.74. The molecule has 0 radical (unpaired) electrons. The van der Waals surface area contributed by atoms with Crippen LogP contribution in [0.4, 0.5) is 5.95 Å². The third kappa shape index (κ3) is 2.25. The highest BCUT2D eigenvalue weighted by atomic mass is 16.6. The van der Waals surface area contributed by atoms with Crippen LogP contribution in [0, 0.1) is 0 Å². The van der Waals surface area contributed by atoms with Gasteiger partial charge in [-0.05, 0) is 17.6 Å². The van der Waals surface area contributed by atoms with Crippen LogP contribution < -0.4 is 4.74 Å². The van der Waals surface area contributed by atoms with Crippen molar-refractivity contribution in [3.8, 4) is 5.88 Å². The van der Waals surface area contributed by atoms with Crippen molar-refractivity contribution in [2.75, 3.05) is 13.7 Å². The van der Waals surface area contributed by atoms with E-state index in [2.05, 4.69) is 25.2 Å². The molecule has 12 heteroatoms. The molecule has 2 aromatic rings. The Morgan fingerprint density at radius 2 is 2.33 bits per heavy atom. The lowest BCUT2D eigenvalue weighted by molar-refractivity contribution is -0.0940. The van der Waals surface area contributed by atoms with Gasteiger partial charge < -0.3 is 24.8 Å². The number of aliphatic hydroxyl groups is 3. The normalized spacial score (nSPS) is 29.6. The van der Waals surface area contributed by atoms with Crippen LogP contribution in [0.5, 0.6) is 5.88 Å². The Balaban J connectivity index is 2.25. The van der Waals surface area contributed by atoms with E-state index < -0.39 is 30.6 Å². The Bertz CT molecular complexity index is 815. The second kappa shape index (κ2) is 5.85. The molecule has 24 heavy (non-hydrogen) atoms. The zero-order valence-electron chi connectivity index (χ0n) is 12.8. The van der Waals surface area contributed by atoms with Gasteiger partial charge in [0.1, 0.15) is 17.8 Å². The van der Waals surface area contributed by atoms with Gasteiger partial charge in [0.05, 0.1) is 25.4 Å². The number of hydrogen-bond acceptors (Lipinski definition) is 9. The van der Waals surface area contributed by atoms with Gasteiger partial charge in [0.25, 0.3) is 5.88 Å². The average molecular weight is 337 g/mol. The SMILES string of the molecule is COc1nncc2c1nc(N=[N+]=[N-])n2[C@@H]1O[C@H](CO)[C@@H](O)[C@@]1(C)O. The second-order valence-corrected chi connectivity index (χ2v) is 5.44. The molecule has 1 fully saturated rings. The maximum atomic E-state index is 10.6. The smallest absolute Gasteiger partial charge is 0.261 e. The number of hydrogen-bond donors (Lipinski definition) is 3. The molecule has 0 amide bonds. The quantitative estimate of drug-likeness (QED) is 0.390. The van der Waals surface area contributed by atoms with Gasteiger partial charge >= 0.3 is 0 Å². The molecule has 2 aromatic heterocycles. The maximum absolute atomic E-state index is 10.6. The van der Waals surface area contributed by atoms with Gasteiger partial charge in [-0.25, -0.2) is 4.98 Å². The standard InChI is InChI=1S/C12H15N7O5/c1-12(22)8(21)6(4-20)24-10(12)19-5-3-14-16-9(23-2)7(5)15-11(19)17-18-13/h3,6,8,10,20-22H,4H2,1-2H3/t6-,8-,10-,12-/m1/s1. The predicted octanol–water partition coefficient (Wildman–Crippen LogP) is -0.222. The largest absolute Gasteiger partial charge is 0.478 e. The van der Waals surface area contributed by atoms with Crippen LogP contribution >= 0.6 is 0 Å². The fraction of sp³-hybridized carbons (Fsp3) is 0.583. The number of aliphatic hydroxyl groups excluding tert-OH is 2. The molecule has 0 bridgehead atoms. The van der Waals surface area contributed by atoms with Crippen LogP contribution in [-0.4, -0.2) is 66.6 Å². The summed E-state index contributed by atoms with van der Waals surface area (Å²) in [6.07, 6.45) is -2.22. The first-order valence-corrected chi connectivity index (χ1v) is 6.95. The van der Waals surface area contributed by atoms with Gasteiger partial charge in [-0.2, -0.15) is 5.10 Å². The first kappa shape index (κ1) is 16.4. The molecule has 3 heterocycles. The van der Waals surface area contributed by atoms with Gasteiger partial charge in [0.15, 0.2) is 17.7 Å². The molecule has 0 spiro atoms. The summed E-state index contributed by atoms with van der Waals surface area (Å²) in [7, 11) is 1.38. The summed E-state index contributed by atoms with van der Waals surface area (Å²) in [5.41, 5.74) is 7.55. The molecule has 0 aromatic carbocycles. The maximum Gasteiger partial charge on any atom is 0.261 e. The number of ether oxygens (including phenoxy) is 2. The van der Waals surface area contributed by atoms with E-state index in [1.54, 1.807) is 0 Å². The summed E-state index contributed by atoms with van der Waals surface area (Å²) < 4.78 is 11.9. The first-order chi connectivity index (χ1) is 11.5. The molecule has 128 valence electrons. The van der Waals surface area contributed by atoms with Crippen molar-refractivity contribution in [3.05, 3.63) is 16.6 Å². The molecule has 0 aliphatic carbocycles. The molecule has 1 aliphatic heterocycles. The topological polar surface area (TPSA) is 172 Å². The monoisotopic (exact) mass is 337 g/mol. The molecule has 12 nitrogen and oxygen atoms in total. The summed E-state index contributed by atoms with van der Waals surface area (Å²) in [6.45, 7) is 0.843. The van der Waals surface area contributed by atoms with E-state index in [0.717, 1.165) is 0 Å². The number of azide groups is 1. The minimum atomic E-state index is -1.78. The van der Waals surface area contributed by atoms with Gasteiger partial charge in [0, 0.05) is 4.91 Å². The Morgan fingerprint density at radius 1 is 1.58 bits per heavy atom. The summed E-state index contributed by atoms with van der Waals surface area (Å²) in [5.74, 6) is -0.0331. The predicted molar refractivity (Wildman–Crippen MR) is 78.3 cm³/mol. The lowest BCUT2D eigenvalue weighted by Crippen LogP contribution is -2.44. The highest BCUT2D eigenvalue weighted by molar-refractivity contribution is 5.81. The van der Waals surface area contributed by atoms with E-state index in [0.29, 0.717) is 5.52 Å². The molecule has 4 atom stereocenters. The second-order valence-electron chi connectivity index (χ2n) is 5.44. The van der Waals surface area contributed by atoms with Gasteiger partial charge in [-0.3, -0.25) is 4.57 Å². The molecule has 1 saturated heterocycles. The highest BCUT2D eigenvalue weighted by Crippen LogP contribution is 2.42. The van der Waals surface area contributed by atoms with Crippen molar-refractivity contribution >= 4 is 17.0 Å². The highest BCUT2D eigenvalue weighted by Gasteiger charge is 2.53. The minimum Gasteiger partial charge on any atom is -0.478 e. The van der Waals surface area contributed by atoms with E-state index in [-0.39, 0.29) is 17.3 Å². The van der Waals surface area contributed by atoms with Crippen LogP contribution in [0.2, 0.25) is 0 Å². The van der Waals surface area contributed by atoms with Crippen LogP contribution in [-0.2, 0) is 4.74 Å². The third-order valence-electron chi connectivity index (χ3n) is 3.96. The van der Waals surface area contributed by atoms with Crippen LogP contribution in [0.15, 0.2) is 11.3 Å². The lowest BCUT2D eigenvalue weighted by atomic mass is 9.96. The Hall–Kier alpha value is -2.50. The van der Waals surface area contributed by atoms with Gasteiger partial charge in [-0.1, -0.05) is 0 Å². The van der Waals surface area contributed by atoms with Crippen molar-refractivity contribution in [1.29, 1.82) is 0 Å². The van der Waals surface area contributed by atoms with E-state index in [9.17, 15) is 15.3 Å². The van der Waals surface area contributed by atoms with Crippen LogP contribution in [0.25, 0.3) is 21.5 Å². The third-order valence-corrected chi connectivity index (χ3v) is 3.96. The van der Waals surface area contributed by atoms with E-state index in [1.165, 1.54) is 24.8 Å². The van der Waals surface area contributed by atoms with Crippen molar-refractivity contribution in [2.24, 2.45) is 5.11 Å². The van der Waals surface area contributed by atoms with E-state index in [4.69, 9.17) is 15.0 Å². The molecule has 1 aliphatic rings. The van der Waals surface area contributed by atoms with Crippen LogP contribution in [0.1, 0.15) is 13.2 Å². The minimum absolute atomic E-state index is 0.0949. The number of methoxy groups -OCH3 is 1. The Kier molecular flexibility index (Phi) is 3.99. The zero-order chi connectivity index (χ0) is 17.5. The molecular weight excluding hydrogens is 322 g/mol. The average Bonchev–Trinajstić information content (AvgIpc) is 3.03. The van der Waals surface area contributed by atoms with Crippen molar-refractivity contribution in [3.63, 3.8) is 0 Å². The number of fused-ring (bicyclic) bond motifs is 1. The molecular formula is C12H15N7O5. The fourth-order valence-electron chi connectivity index (χ4n) is 2.74. The lowest BCUT2D eigenvalue weighted by Gasteiger charge is -2.28. The van der Waals surface area contributed by atoms with Gasteiger partial charge in [-0.15, -0.1) is 5.10 Å². The molecule has 0 unspecified atom stereocenters. The van der Waals surface area contributed by atoms with E-state index in [1.807, 2.05) is 0 Å². The van der Waals surface area contributed by atoms with E-state index >= 15 is 0 Å². The van der Waals surface area contributed by atoms with Crippen molar-refractivity contribution in [2.45, 2.75) is 31.0 Å². The molecule has 3 N–H and O–H groups in total. The summed E-state index contributed by atoms with van der Waals surface area (Å²) in [6, 6.07) is 0. The Labute approximate surface area is 134 Å². The first-order valence-electron chi connectivity index (χ1n) is 6.95. The van der Waals surface area contributed by atoms with Crippen molar-refractivity contribution in [1.82, 2.24) is 19.7 Å². The molecule has 3 rings (SSSR count). The number of imidazole rings is 1. The number of rotatable bonds is 4. The summed E-state index contributed by atoms with van der Waals surface area (Å²) in [4.78, 5) is 6.84.